The molecular formula is C17H16ClNO2. The summed E-state index contributed by atoms with van der Waals surface area (Å²) in [5.41, 5.74) is 3.59. The summed E-state index contributed by atoms with van der Waals surface area (Å²) in [6, 6.07) is 10.5. The van der Waals surface area contributed by atoms with Crippen LogP contribution in [0.5, 0.6) is 5.75 Å². The van der Waals surface area contributed by atoms with E-state index < -0.39 is 0 Å². The number of phenolic OH excluding ortho intramolecular Hbond substituents is 1. The number of hydrogen-bond donors (Lipinski definition) is 2. The fourth-order valence-corrected chi connectivity index (χ4v) is 2.95. The van der Waals surface area contributed by atoms with Crippen LogP contribution in [0.4, 0.5) is 5.69 Å². The van der Waals surface area contributed by atoms with Gasteiger partial charge in [-0.3, -0.25) is 4.79 Å². The van der Waals surface area contributed by atoms with Crippen molar-refractivity contribution in [2.45, 2.75) is 25.7 Å². The van der Waals surface area contributed by atoms with Crippen LogP contribution in [0, 0.1) is 0 Å². The highest BCUT2D eigenvalue weighted by molar-refractivity contribution is 6.31. The number of halogens is 1. The first-order chi connectivity index (χ1) is 10.1. The first kappa shape index (κ1) is 14.0. The summed E-state index contributed by atoms with van der Waals surface area (Å²) in [4.78, 5) is 12.3. The van der Waals surface area contributed by atoms with Crippen LogP contribution in [0.3, 0.4) is 0 Å². The minimum absolute atomic E-state index is 0.107. The molecule has 4 heteroatoms. The van der Waals surface area contributed by atoms with Crippen LogP contribution in [0.1, 0.15) is 34.3 Å². The zero-order chi connectivity index (χ0) is 14.8. The molecule has 0 fully saturated rings. The second-order valence-corrected chi connectivity index (χ2v) is 5.70. The van der Waals surface area contributed by atoms with E-state index in [1.807, 2.05) is 12.1 Å². The molecule has 1 amide bonds. The average Bonchev–Trinajstić information content (AvgIpc) is 2.47. The van der Waals surface area contributed by atoms with E-state index in [1.54, 1.807) is 6.07 Å². The predicted octanol–water partition coefficient (Wildman–Crippen LogP) is 4.18. The first-order valence-corrected chi connectivity index (χ1v) is 7.43. The number of aromatic hydroxyl groups is 1. The maximum absolute atomic E-state index is 12.3. The molecule has 0 bridgehead atoms. The van der Waals surface area contributed by atoms with Crippen LogP contribution in [0.25, 0.3) is 0 Å². The third kappa shape index (κ3) is 2.88. The molecule has 21 heavy (non-hydrogen) atoms. The molecule has 0 saturated carbocycles. The molecule has 108 valence electrons. The molecule has 2 N–H and O–H groups in total. The molecule has 0 saturated heterocycles. The first-order valence-electron chi connectivity index (χ1n) is 7.06. The summed E-state index contributed by atoms with van der Waals surface area (Å²) in [5, 5.41) is 13.1. The molecule has 3 rings (SSSR count). The lowest BCUT2D eigenvalue weighted by Crippen LogP contribution is -2.15. The van der Waals surface area contributed by atoms with Gasteiger partial charge < -0.3 is 10.4 Å². The van der Waals surface area contributed by atoms with E-state index in [2.05, 4.69) is 11.4 Å². The van der Waals surface area contributed by atoms with E-state index in [1.165, 1.54) is 29.7 Å². The molecule has 1 aliphatic carbocycles. The van der Waals surface area contributed by atoms with E-state index in [9.17, 15) is 9.90 Å². The Morgan fingerprint density at radius 3 is 2.76 bits per heavy atom. The number of rotatable bonds is 2. The number of anilines is 1. The quantitative estimate of drug-likeness (QED) is 0.874. The Kier molecular flexibility index (Phi) is 3.84. The van der Waals surface area contributed by atoms with Gasteiger partial charge in [0, 0.05) is 10.7 Å². The van der Waals surface area contributed by atoms with Crippen molar-refractivity contribution < 1.29 is 9.90 Å². The minimum Gasteiger partial charge on any atom is -0.507 e. The summed E-state index contributed by atoms with van der Waals surface area (Å²) in [5.74, 6) is -0.423. The number of hydrogen-bond acceptors (Lipinski definition) is 2. The zero-order valence-electron chi connectivity index (χ0n) is 11.5. The highest BCUT2D eigenvalue weighted by Crippen LogP contribution is 2.29. The second kappa shape index (κ2) is 5.78. The van der Waals surface area contributed by atoms with Crippen LogP contribution >= 0.6 is 11.6 Å². The monoisotopic (exact) mass is 301 g/mol. The number of carbonyl (C=O) groups is 1. The van der Waals surface area contributed by atoms with Gasteiger partial charge in [0.1, 0.15) is 5.75 Å². The summed E-state index contributed by atoms with van der Waals surface area (Å²) >= 11 is 5.78. The molecule has 0 aromatic heterocycles. The summed E-state index contributed by atoms with van der Waals surface area (Å²) in [6.07, 6.45) is 4.39. The van der Waals surface area contributed by atoms with Crippen molar-refractivity contribution in [1.82, 2.24) is 0 Å². The molecular weight excluding hydrogens is 286 g/mol. The maximum atomic E-state index is 12.3. The van der Waals surface area contributed by atoms with Gasteiger partial charge in [-0.1, -0.05) is 23.7 Å². The van der Waals surface area contributed by atoms with Gasteiger partial charge in [0.2, 0.25) is 0 Å². The van der Waals surface area contributed by atoms with Crippen molar-refractivity contribution in [2.75, 3.05) is 5.32 Å². The summed E-state index contributed by atoms with van der Waals surface area (Å²) < 4.78 is 0. The molecule has 2 aromatic carbocycles. The topological polar surface area (TPSA) is 49.3 Å². The number of aryl methyl sites for hydroxylation is 1. The van der Waals surface area contributed by atoms with Gasteiger partial charge in [-0.2, -0.15) is 0 Å². The van der Waals surface area contributed by atoms with Crippen molar-refractivity contribution in [3.8, 4) is 5.75 Å². The molecule has 0 radical (unpaired) electrons. The smallest absolute Gasteiger partial charge is 0.259 e. The van der Waals surface area contributed by atoms with Gasteiger partial charge >= 0.3 is 0 Å². The van der Waals surface area contributed by atoms with Crippen molar-refractivity contribution in [3.05, 3.63) is 58.1 Å². The molecule has 0 aliphatic heterocycles. The largest absolute Gasteiger partial charge is 0.507 e. The summed E-state index contributed by atoms with van der Waals surface area (Å²) in [6.45, 7) is 0. The fraction of sp³-hybridized carbons (Fsp3) is 0.235. The van der Waals surface area contributed by atoms with E-state index in [0.29, 0.717) is 5.02 Å². The Hall–Kier alpha value is -2.00. The van der Waals surface area contributed by atoms with Gasteiger partial charge in [-0.25, -0.2) is 0 Å². The maximum Gasteiger partial charge on any atom is 0.259 e. The van der Waals surface area contributed by atoms with Gasteiger partial charge in [0.05, 0.1) is 5.56 Å². The third-order valence-electron chi connectivity index (χ3n) is 3.85. The van der Waals surface area contributed by atoms with Crippen LogP contribution in [-0.2, 0) is 12.8 Å². The molecule has 0 spiro atoms. The Morgan fingerprint density at radius 2 is 1.95 bits per heavy atom. The van der Waals surface area contributed by atoms with Crippen molar-refractivity contribution in [3.63, 3.8) is 0 Å². The number of nitrogens with one attached hydrogen (secondary N) is 1. The number of amides is 1. The lowest BCUT2D eigenvalue weighted by atomic mass is 9.90. The van der Waals surface area contributed by atoms with Crippen LogP contribution in [-0.4, -0.2) is 11.0 Å². The third-order valence-corrected chi connectivity index (χ3v) is 4.08. The number of fused-ring (bicyclic) bond motifs is 1. The van der Waals surface area contributed by atoms with Gasteiger partial charge in [-0.05, 0) is 61.1 Å². The number of carbonyl (C=O) groups excluding carboxylic acids is 1. The normalized spacial score (nSPS) is 13.6. The van der Waals surface area contributed by atoms with Gasteiger partial charge in [0.15, 0.2) is 0 Å². The fourth-order valence-electron chi connectivity index (χ4n) is 2.78. The number of phenols is 1. The lowest BCUT2D eigenvalue weighted by Gasteiger charge is -2.19. The van der Waals surface area contributed by atoms with Gasteiger partial charge in [-0.15, -0.1) is 0 Å². The van der Waals surface area contributed by atoms with E-state index in [4.69, 9.17) is 11.6 Å². The van der Waals surface area contributed by atoms with Crippen LogP contribution < -0.4 is 5.32 Å². The SMILES string of the molecule is O=C(Nc1cccc2c1CCCC2)c1ccc(Cl)cc1O. The Morgan fingerprint density at radius 1 is 1.14 bits per heavy atom. The Labute approximate surface area is 128 Å². The lowest BCUT2D eigenvalue weighted by molar-refractivity contribution is 0.102. The van der Waals surface area contributed by atoms with Crippen LogP contribution in [0.2, 0.25) is 5.02 Å². The molecule has 2 aromatic rings. The van der Waals surface area contributed by atoms with Crippen molar-refractivity contribution in [1.29, 1.82) is 0 Å². The molecule has 3 nitrogen and oxygen atoms in total. The highest BCUT2D eigenvalue weighted by Gasteiger charge is 2.16. The van der Waals surface area contributed by atoms with Crippen molar-refractivity contribution >= 4 is 23.2 Å². The van der Waals surface area contributed by atoms with Crippen LogP contribution in [0.15, 0.2) is 36.4 Å². The molecule has 0 heterocycles. The Balaban J connectivity index is 1.88. The standard InChI is InChI=1S/C17H16ClNO2/c18-12-8-9-14(16(20)10-12)17(21)19-15-7-3-5-11-4-1-2-6-13(11)15/h3,5,7-10,20H,1-2,4,6H2,(H,19,21). The molecule has 0 atom stereocenters. The minimum atomic E-state index is -0.317. The predicted molar refractivity (Wildman–Crippen MR) is 84.2 cm³/mol. The number of benzene rings is 2. The Bertz CT molecular complexity index is 697. The summed E-state index contributed by atoms with van der Waals surface area (Å²) in [7, 11) is 0. The zero-order valence-corrected chi connectivity index (χ0v) is 12.3. The van der Waals surface area contributed by atoms with Crippen molar-refractivity contribution in [2.24, 2.45) is 0 Å². The molecule has 1 aliphatic rings. The average molecular weight is 302 g/mol. The van der Waals surface area contributed by atoms with E-state index >= 15 is 0 Å². The second-order valence-electron chi connectivity index (χ2n) is 5.27. The van der Waals surface area contributed by atoms with E-state index in [-0.39, 0.29) is 17.2 Å². The highest BCUT2D eigenvalue weighted by atomic mass is 35.5. The molecule has 0 unspecified atom stereocenters. The van der Waals surface area contributed by atoms with Gasteiger partial charge in [0.25, 0.3) is 5.91 Å². The van der Waals surface area contributed by atoms with E-state index in [0.717, 1.165) is 24.9 Å².